The zero-order valence-corrected chi connectivity index (χ0v) is 7.58. The van der Waals surface area contributed by atoms with E-state index in [-0.39, 0.29) is 5.91 Å². The maximum absolute atomic E-state index is 11.0. The largest absolute Gasteiger partial charge is 0.359 e. The molecule has 1 aromatic rings. The summed E-state index contributed by atoms with van der Waals surface area (Å²) in [6.45, 7) is 3.61. The average molecular weight is 176 g/mol. The second-order valence-electron chi connectivity index (χ2n) is 2.61. The Morgan fingerprint density at radius 1 is 1.69 bits per heavy atom. The second kappa shape index (κ2) is 4.40. The van der Waals surface area contributed by atoms with E-state index in [2.05, 4.69) is 16.9 Å². The lowest BCUT2D eigenvalue weighted by molar-refractivity contribution is -0.120. The van der Waals surface area contributed by atoms with Crippen LogP contribution in [0.5, 0.6) is 0 Å². The van der Waals surface area contributed by atoms with Gasteiger partial charge in [0.05, 0.1) is 17.8 Å². The van der Waals surface area contributed by atoms with Crippen molar-refractivity contribution < 1.29 is 4.79 Å². The van der Waals surface area contributed by atoms with Gasteiger partial charge in [-0.15, -0.1) is 0 Å². The van der Waals surface area contributed by atoms with E-state index >= 15 is 0 Å². The normalized spacial score (nSPS) is 9.31. The van der Waals surface area contributed by atoms with Crippen LogP contribution in [0.1, 0.15) is 11.4 Å². The van der Waals surface area contributed by atoms with Crippen molar-refractivity contribution in [1.29, 1.82) is 0 Å². The van der Waals surface area contributed by atoms with Crippen LogP contribution in [-0.2, 0) is 11.2 Å². The zero-order valence-electron chi connectivity index (χ0n) is 7.58. The van der Waals surface area contributed by atoms with Gasteiger partial charge in [-0.2, -0.15) is 0 Å². The second-order valence-corrected chi connectivity index (χ2v) is 2.61. The highest BCUT2D eigenvalue weighted by Gasteiger charge is 2.01. The number of hydrogen-bond acceptors (Lipinski definition) is 2. The van der Waals surface area contributed by atoms with E-state index in [9.17, 15) is 4.79 Å². The van der Waals surface area contributed by atoms with Crippen molar-refractivity contribution >= 4 is 12.0 Å². The SMILES string of the molecule is C=Cc1cccc(CC(=O)NC)n1. The fourth-order valence-corrected chi connectivity index (χ4v) is 0.963. The van der Waals surface area contributed by atoms with Gasteiger partial charge >= 0.3 is 0 Å². The first-order chi connectivity index (χ1) is 6.26. The predicted molar refractivity (Wildman–Crippen MR) is 52.1 cm³/mol. The lowest BCUT2D eigenvalue weighted by Gasteiger charge is -2.00. The van der Waals surface area contributed by atoms with E-state index in [0.717, 1.165) is 11.4 Å². The molecule has 0 aliphatic carbocycles. The highest BCUT2D eigenvalue weighted by atomic mass is 16.1. The molecule has 0 aliphatic rings. The van der Waals surface area contributed by atoms with Crippen molar-refractivity contribution in [2.75, 3.05) is 7.05 Å². The first kappa shape index (κ1) is 9.45. The molecule has 3 heteroatoms. The highest BCUT2D eigenvalue weighted by Crippen LogP contribution is 2.01. The summed E-state index contributed by atoms with van der Waals surface area (Å²) in [6, 6.07) is 5.53. The number of pyridine rings is 1. The molecule has 0 aliphatic heterocycles. The molecule has 0 saturated heterocycles. The molecular formula is C10H12N2O. The average Bonchev–Trinajstić information content (AvgIpc) is 2.18. The molecule has 1 aromatic heterocycles. The molecule has 13 heavy (non-hydrogen) atoms. The van der Waals surface area contributed by atoms with Crippen molar-refractivity contribution in [3.8, 4) is 0 Å². The lowest BCUT2D eigenvalue weighted by atomic mass is 10.2. The molecule has 0 spiro atoms. The maximum atomic E-state index is 11.0. The number of hydrogen-bond donors (Lipinski definition) is 1. The lowest BCUT2D eigenvalue weighted by Crippen LogP contribution is -2.20. The summed E-state index contributed by atoms with van der Waals surface area (Å²) in [5, 5.41) is 2.55. The number of rotatable bonds is 3. The summed E-state index contributed by atoms with van der Waals surface area (Å²) >= 11 is 0. The third-order valence-electron chi connectivity index (χ3n) is 1.66. The van der Waals surface area contributed by atoms with Gasteiger partial charge in [0.15, 0.2) is 0 Å². The Labute approximate surface area is 77.5 Å². The molecule has 1 heterocycles. The van der Waals surface area contributed by atoms with Gasteiger partial charge in [-0.05, 0) is 18.2 Å². The van der Waals surface area contributed by atoms with Crippen LogP contribution in [0.3, 0.4) is 0 Å². The van der Waals surface area contributed by atoms with Crippen molar-refractivity contribution in [3.05, 3.63) is 36.2 Å². The maximum Gasteiger partial charge on any atom is 0.225 e. The number of likely N-dealkylation sites (N-methyl/N-ethyl adjacent to an activating group) is 1. The van der Waals surface area contributed by atoms with E-state index in [4.69, 9.17) is 0 Å². The minimum atomic E-state index is -0.0336. The summed E-state index contributed by atoms with van der Waals surface area (Å²) in [6.07, 6.45) is 1.98. The first-order valence-corrected chi connectivity index (χ1v) is 4.05. The van der Waals surface area contributed by atoms with Crippen LogP contribution in [0.15, 0.2) is 24.8 Å². The Kier molecular flexibility index (Phi) is 3.20. The van der Waals surface area contributed by atoms with E-state index in [1.807, 2.05) is 18.2 Å². The Morgan fingerprint density at radius 3 is 3.08 bits per heavy atom. The van der Waals surface area contributed by atoms with Gasteiger partial charge in [-0.3, -0.25) is 9.78 Å². The van der Waals surface area contributed by atoms with Gasteiger partial charge < -0.3 is 5.32 Å². The highest BCUT2D eigenvalue weighted by molar-refractivity contribution is 5.77. The van der Waals surface area contributed by atoms with E-state index in [1.54, 1.807) is 13.1 Å². The standard InChI is InChI=1S/C10H12N2O/c1-3-8-5-4-6-9(12-8)7-10(13)11-2/h3-6H,1,7H2,2H3,(H,11,13). The Balaban J connectivity index is 2.77. The van der Waals surface area contributed by atoms with Gasteiger partial charge in [-0.1, -0.05) is 12.6 Å². The molecular weight excluding hydrogens is 164 g/mol. The van der Waals surface area contributed by atoms with E-state index in [0.29, 0.717) is 6.42 Å². The third-order valence-corrected chi connectivity index (χ3v) is 1.66. The quantitative estimate of drug-likeness (QED) is 0.747. The van der Waals surface area contributed by atoms with Crippen molar-refractivity contribution in [2.45, 2.75) is 6.42 Å². The number of amides is 1. The van der Waals surface area contributed by atoms with Gasteiger partial charge in [0.1, 0.15) is 0 Å². The topological polar surface area (TPSA) is 42.0 Å². The van der Waals surface area contributed by atoms with Gasteiger partial charge in [0.2, 0.25) is 5.91 Å². The van der Waals surface area contributed by atoms with E-state index < -0.39 is 0 Å². The molecule has 3 nitrogen and oxygen atoms in total. The number of nitrogens with one attached hydrogen (secondary N) is 1. The summed E-state index contributed by atoms with van der Waals surface area (Å²) < 4.78 is 0. The molecule has 0 saturated carbocycles. The summed E-state index contributed by atoms with van der Waals surface area (Å²) in [5.41, 5.74) is 1.55. The predicted octanol–water partition coefficient (Wildman–Crippen LogP) is 1.01. The number of aromatic nitrogens is 1. The molecule has 0 fully saturated rings. The monoisotopic (exact) mass is 176 g/mol. The van der Waals surface area contributed by atoms with Crippen molar-refractivity contribution in [1.82, 2.24) is 10.3 Å². The minimum Gasteiger partial charge on any atom is -0.359 e. The molecule has 0 unspecified atom stereocenters. The van der Waals surface area contributed by atoms with Crippen LogP contribution in [0.25, 0.3) is 6.08 Å². The third kappa shape index (κ3) is 2.71. The molecule has 0 aromatic carbocycles. The van der Waals surface area contributed by atoms with Gasteiger partial charge in [0, 0.05) is 7.05 Å². The van der Waals surface area contributed by atoms with Crippen LogP contribution in [0.4, 0.5) is 0 Å². The van der Waals surface area contributed by atoms with Crippen molar-refractivity contribution in [3.63, 3.8) is 0 Å². The summed E-state index contributed by atoms with van der Waals surface area (Å²) in [5.74, 6) is -0.0336. The van der Waals surface area contributed by atoms with Crippen LogP contribution in [0, 0.1) is 0 Å². The van der Waals surface area contributed by atoms with Crippen molar-refractivity contribution in [2.24, 2.45) is 0 Å². The summed E-state index contributed by atoms with van der Waals surface area (Å²) in [7, 11) is 1.61. The fraction of sp³-hybridized carbons (Fsp3) is 0.200. The van der Waals surface area contributed by atoms with Gasteiger partial charge in [0.25, 0.3) is 0 Å². The summed E-state index contributed by atoms with van der Waals surface area (Å²) in [4.78, 5) is 15.2. The molecule has 0 bridgehead atoms. The molecule has 68 valence electrons. The Morgan fingerprint density at radius 2 is 2.46 bits per heavy atom. The van der Waals surface area contributed by atoms with E-state index in [1.165, 1.54) is 0 Å². The number of carbonyl (C=O) groups is 1. The molecule has 0 atom stereocenters. The minimum absolute atomic E-state index is 0.0336. The molecule has 1 N–H and O–H groups in total. The first-order valence-electron chi connectivity index (χ1n) is 4.05. The smallest absolute Gasteiger partial charge is 0.225 e. The molecule has 0 radical (unpaired) electrons. The van der Waals surface area contributed by atoms with Crippen LogP contribution in [-0.4, -0.2) is 17.9 Å². The van der Waals surface area contributed by atoms with Crippen LogP contribution >= 0.6 is 0 Å². The zero-order chi connectivity index (χ0) is 9.68. The number of nitrogens with zero attached hydrogens (tertiary/aromatic N) is 1. The fourth-order valence-electron chi connectivity index (χ4n) is 0.963. The Hall–Kier alpha value is -1.64. The molecule has 1 amide bonds. The number of carbonyl (C=O) groups excluding carboxylic acids is 1. The Bertz CT molecular complexity index is 320. The van der Waals surface area contributed by atoms with Gasteiger partial charge in [-0.25, -0.2) is 0 Å². The van der Waals surface area contributed by atoms with Crippen LogP contribution < -0.4 is 5.32 Å². The van der Waals surface area contributed by atoms with Crippen LogP contribution in [0.2, 0.25) is 0 Å². The molecule has 1 rings (SSSR count).